The SMILES string of the molecule is [NH]C(=O)N1CCN(C2CCN(Cc3ccccc3)C2)CC1. The summed E-state index contributed by atoms with van der Waals surface area (Å²) in [4.78, 5) is 17.7. The average Bonchev–Trinajstić information content (AvgIpc) is 2.97. The van der Waals surface area contributed by atoms with Crippen LogP contribution in [0.2, 0.25) is 0 Å². The maximum atomic E-state index is 11.0. The van der Waals surface area contributed by atoms with E-state index in [1.807, 2.05) is 0 Å². The molecule has 0 aliphatic carbocycles. The number of urea groups is 1. The number of likely N-dealkylation sites (tertiary alicyclic amines) is 1. The molecule has 1 radical (unpaired) electrons. The van der Waals surface area contributed by atoms with Crippen LogP contribution in [0.4, 0.5) is 4.79 Å². The van der Waals surface area contributed by atoms with Crippen molar-refractivity contribution in [1.82, 2.24) is 20.4 Å². The number of hydrogen-bond donors (Lipinski definition) is 0. The number of carbonyl (C=O) groups is 1. The zero-order valence-electron chi connectivity index (χ0n) is 12.4. The van der Waals surface area contributed by atoms with E-state index in [0.717, 1.165) is 32.7 Å². The molecule has 2 amide bonds. The minimum Gasteiger partial charge on any atom is -0.321 e. The lowest BCUT2D eigenvalue weighted by Crippen LogP contribution is -2.52. The van der Waals surface area contributed by atoms with Gasteiger partial charge < -0.3 is 4.90 Å². The Balaban J connectivity index is 1.48. The largest absolute Gasteiger partial charge is 0.336 e. The highest BCUT2D eigenvalue weighted by Gasteiger charge is 2.30. The first-order valence-electron chi connectivity index (χ1n) is 7.73. The van der Waals surface area contributed by atoms with E-state index >= 15 is 0 Å². The molecule has 2 heterocycles. The Morgan fingerprint density at radius 1 is 1.10 bits per heavy atom. The second-order valence-electron chi connectivity index (χ2n) is 5.99. The van der Waals surface area contributed by atoms with Crippen LogP contribution in [0, 0.1) is 0 Å². The topological polar surface area (TPSA) is 50.6 Å². The molecule has 1 N–H and O–H groups in total. The lowest BCUT2D eigenvalue weighted by molar-refractivity contribution is 0.112. The molecule has 2 fully saturated rings. The molecule has 2 aliphatic rings. The molecular formula is C16H23N4O. The van der Waals surface area contributed by atoms with Gasteiger partial charge in [-0.15, -0.1) is 0 Å². The number of piperazine rings is 1. The van der Waals surface area contributed by atoms with Gasteiger partial charge in [-0.25, -0.2) is 10.5 Å². The third kappa shape index (κ3) is 3.54. The highest BCUT2D eigenvalue weighted by atomic mass is 16.2. The number of hydrogen-bond acceptors (Lipinski definition) is 3. The van der Waals surface area contributed by atoms with Crippen LogP contribution in [0.25, 0.3) is 0 Å². The second-order valence-corrected chi connectivity index (χ2v) is 5.99. The van der Waals surface area contributed by atoms with E-state index in [1.54, 1.807) is 4.90 Å². The molecular weight excluding hydrogens is 264 g/mol. The van der Waals surface area contributed by atoms with Crippen LogP contribution in [0.3, 0.4) is 0 Å². The van der Waals surface area contributed by atoms with Crippen molar-refractivity contribution < 1.29 is 4.79 Å². The van der Waals surface area contributed by atoms with E-state index in [1.165, 1.54) is 12.0 Å². The van der Waals surface area contributed by atoms with Gasteiger partial charge in [-0.05, 0) is 12.0 Å². The van der Waals surface area contributed by atoms with Gasteiger partial charge in [0.25, 0.3) is 0 Å². The van der Waals surface area contributed by atoms with Gasteiger partial charge in [-0.3, -0.25) is 9.80 Å². The van der Waals surface area contributed by atoms with Crippen molar-refractivity contribution in [3.63, 3.8) is 0 Å². The van der Waals surface area contributed by atoms with Gasteiger partial charge in [0.1, 0.15) is 0 Å². The molecule has 3 rings (SSSR count). The fraction of sp³-hybridized carbons (Fsp3) is 0.562. The van der Waals surface area contributed by atoms with Gasteiger partial charge in [0, 0.05) is 51.9 Å². The number of carbonyl (C=O) groups excluding carboxylic acids is 1. The van der Waals surface area contributed by atoms with E-state index < -0.39 is 6.03 Å². The van der Waals surface area contributed by atoms with Crippen LogP contribution in [-0.2, 0) is 6.54 Å². The number of rotatable bonds is 3. The number of benzene rings is 1. The first kappa shape index (κ1) is 14.4. The van der Waals surface area contributed by atoms with Crippen LogP contribution in [0.15, 0.2) is 30.3 Å². The molecule has 5 heteroatoms. The van der Waals surface area contributed by atoms with Gasteiger partial charge in [0.05, 0.1) is 0 Å². The smallest absolute Gasteiger partial charge is 0.321 e. The number of amides is 2. The molecule has 0 aromatic heterocycles. The summed E-state index contributed by atoms with van der Waals surface area (Å²) < 4.78 is 0. The Morgan fingerprint density at radius 2 is 1.81 bits per heavy atom. The third-order valence-corrected chi connectivity index (χ3v) is 4.61. The van der Waals surface area contributed by atoms with Crippen LogP contribution in [0.5, 0.6) is 0 Å². The van der Waals surface area contributed by atoms with Gasteiger partial charge in [-0.2, -0.15) is 0 Å². The Labute approximate surface area is 126 Å². The minimum atomic E-state index is -0.535. The van der Waals surface area contributed by atoms with Gasteiger partial charge in [-0.1, -0.05) is 30.3 Å². The highest BCUT2D eigenvalue weighted by Crippen LogP contribution is 2.19. The second kappa shape index (κ2) is 6.45. The monoisotopic (exact) mass is 287 g/mol. The molecule has 2 saturated heterocycles. The summed E-state index contributed by atoms with van der Waals surface area (Å²) in [5.74, 6) is 0. The highest BCUT2D eigenvalue weighted by molar-refractivity contribution is 5.71. The summed E-state index contributed by atoms with van der Waals surface area (Å²) >= 11 is 0. The quantitative estimate of drug-likeness (QED) is 0.841. The first-order valence-corrected chi connectivity index (χ1v) is 7.73. The molecule has 1 atom stereocenters. The molecule has 1 aromatic rings. The zero-order valence-corrected chi connectivity index (χ0v) is 12.4. The van der Waals surface area contributed by atoms with Crippen molar-refractivity contribution in [3.8, 4) is 0 Å². The Hall–Kier alpha value is -1.59. The Morgan fingerprint density at radius 3 is 2.48 bits per heavy atom. The molecule has 1 aromatic carbocycles. The summed E-state index contributed by atoms with van der Waals surface area (Å²) in [6.07, 6.45) is 1.21. The molecule has 0 spiro atoms. The van der Waals surface area contributed by atoms with Crippen LogP contribution in [-0.4, -0.2) is 66.0 Å². The molecule has 0 saturated carbocycles. The average molecular weight is 287 g/mol. The van der Waals surface area contributed by atoms with Gasteiger partial charge in [0.15, 0.2) is 0 Å². The molecule has 5 nitrogen and oxygen atoms in total. The first-order chi connectivity index (χ1) is 10.2. The van der Waals surface area contributed by atoms with E-state index in [0.29, 0.717) is 19.1 Å². The Bertz CT molecular complexity index is 470. The lowest BCUT2D eigenvalue weighted by atomic mass is 10.2. The van der Waals surface area contributed by atoms with Crippen molar-refractivity contribution >= 4 is 6.03 Å². The van der Waals surface area contributed by atoms with Crippen molar-refractivity contribution in [2.45, 2.75) is 19.0 Å². The van der Waals surface area contributed by atoms with E-state index in [9.17, 15) is 4.79 Å². The molecule has 1 unspecified atom stereocenters. The van der Waals surface area contributed by atoms with E-state index in [2.05, 4.69) is 40.1 Å². The Kier molecular flexibility index (Phi) is 4.41. The molecule has 21 heavy (non-hydrogen) atoms. The fourth-order valence-electron chi connectivity index (χ4n) is 3.39. The maximum absolute atomic E-state index is 11.0. The summed E-state index contributed by atoms with van der Waals surface area (Å²) in [6, 6.07) is 10.7. The third-order valence-electron chi connectivity index (χ3n) is 4.61. The maximum Gasteiger partial charge on any atom is 0.336 e. The summed E-state index contributed by atoms with van der Waals surface area (Å²) in [6.45, 7) is 6.53. The minimum absolute atomic E-state index is 0.535. The fourth-order valence-corrected chi connectivity index (χ4v) is 3.39. The molecule has 0 bridgehead atoms. The van der Waals surface area contributed by atoms with Crippen LogP contribution in [0.1, 0.15) is 12.0 Å². The predicted octanol–water partition coefficient (Wildman–Crippen LogP) is 1.28. The zero-order chi connectivity index (χ0) is 14.7. The van der Waals surface area contributed by atoms with E-state index in [-0.39, 0.29) is 0 Å². The standard InChI is InChI=1S/C16H23N4O/c17-16(21)20-10-8-19(9-11-20)15-6-7-18(13-15)12-14-4-2-1-3-5-14/h1-5,15,17H,6-13H2. The predicted molar refractivity (Wildman–Crippen MR) is 81.8 cm³/mol. The summed E-state index contributed by atoms with van der Waals surface area (Å²) in [5.41, 5.74) is 8.54. The van der Waals surface area contributed by atoms with Crippen molar-refractivity contribution in [3.05, 3.63) is 35.9 Å². The van der Waals surface area contributed by atoms with Gasteiger partial charge >= 0.3 is 6.03 Å². The molecule has 113 valence electrons. The summed E-state index contributed by atoms with van der Waals surface area (Å²) in [5, 5.41) is 0. The lowest BCUT2D eigenvalue weighted by Gasteiger charge is -2.37. The van der Waals surface area contributed by atoms with Crippen LogP contribution < -0.4 is 5.73 Å². The number of nitrogens with zero attached hydrogens (tertiary/aromatic N) is 3. The van der Waals surface area contributed by atoms with Gasteiger partial charge in [0.2, 0.25) is 0 Å². The van der Waals surface area contributed by atoms with Crippen molar-refractivity contribution in [2.24, 2.45) is 0 Å². The summed E-state index contributed by atoms with van der Waals surface area (Å²) in [7, 11) is 0. The molecule has 2 aliphatic heterocycles. The van der Waals surface area contributed by atoms with Crippen molar-refractivity contribution in [1.29, 1.82) is 0 Å². The van der Waals surface area contributed by atoms with E-state index in [4.69, 9.17) is 5.73 Å². The van der Waals surface area contributed by atoms with Crippen LogP contribution >= 0.6 is 0 Å². The van der Waals surface area contributed by atoms with Crippen molar-refractivity contribution in [2.75, 3.05) is 39.3 Å². The number of nitrogens with one attached hydrogen (secondary N) is 1. The normalized spacial score (nSPS) is 24.4.